The van der Waals surface area contributed by atoms with E-state index >= 15 is 0 Å². The lowest BCUT2D eigenvalue weighted by molar-refractivity contribution is 1.07. The molecule has 0 radical (unpaired) electrons. The van der Waals surface area contributed by atoms with Crippen LogP contribution in [0.2, 0.25) is 0 Å². The van der Waals surface area contributed by atoms with Gasteiger partial charge < -0.3 is 18.3 Å². The van der Waals surface area contributed by atoms with Gasteiger partial charge in [-0.2, -0.15) is 5.26 Å². The highest BCUT2D eigenvalue weighted by atomic mass is 15.1. The number of hydrogen-bond donors (Lipinski definition) is 0. The molecule has 12 aromatic carbocycles. The molecule has 5 heterocycles. The molecule has 0 aliphatic carbocycles. The molecular weight excluding hydrogens is 1020 g/mol. The van der Waals surface area contributed by atoms with E-state index in [2.05, 4.69) is 237 Å². The van der Waals surface area contributed by atoms with Crippen LogP contribution >= 0.6 is 0 Å². The highest BCUT2D eigenvalue weighted by molar-refractivity contribution is 6.28. The molecule has 8 nitrogen and oxygen atoms in total. The molecule has 0 saturated heterocycles. The number of para-hydroxylation sites is 6. The van der Waals surface area contributed by atoms with Gasteiger partial charge in [0.05, 0.1) is 67.1 Å². The average molecular weight is 1070 g/mol. The Kier molecular flexibility index (Phi) is 10.5. The van der Waals surface area contributed by atoms with Crippen LogP contribution < -0.4 is 0 Å². The van der Waals surface area contributed by atoms with Gasteiger partial charge in [-0.3, -0.25) is 0 Å². The van der Waals surface area contributed by atoms with Gasteiger partial charge in [0.25, 0.3) is 0 Å². The predicted molar refractivity (Wildman–Crippen MR) is 344 cm³/mol. The molecule has 0 saturated carbocycles. The van der Waals surface area contributed by atoms with Gasteiger partial charge in [0.15, 0.2) is 17.5 Å². The maximum absolute atomic E-state index is 11.0. The van der Waals surface area contributed by atoms with Gasteiger partial charge in [0.1, 0.15) is 0 Å². The van der Waals surface area contributed by atoms with Crippen molar-refractivity contribution >= 4 is 87.2 Å². The van der Waals surface area contributed by atoms with E-state index in [0.29, 0.717) is 23.0 Å². The van der Waals surface area contributed by atoms with Crippen molar-refractivity contribution in [1.29, 1.82) is 5.26 Å². The third-order valence-corrected chi connectivity index (χ3v) is 16.8. The molecule has 390 valence electrons. The van der Waals surface area contributed by atoms with E-state index < -0.39 is 0 Å². The van der Waals surface area contributed by atoms with Gasteiger partial charge in [0.2, 0.25) is 0 Å². The zero-order chi connectivity index (χ0) is 55.4. The van der Waals surface area contributed by atoms with Crippen LogP contribution in [0.3, 0.4) is 0 Å². The summed E-state index contributed by atoms with van der Waals surface area (Å²) in [6.45, 7) is 0. The predicted octanol–water partition coefficient (Wildman–Crippen LogP) is 18.8. The first-order valence-electron chi connectivity index (χ1n) is 28.2. The van der Waals surface area contributed by atoms with Crippen molar-refractivity contribution < 1.29 is 0 Å². The summed E-state index contributed by atoms with van der Waals surface area (Å²) in [6, 6.07) is 101. The van der Waals surface area contributed by atoms with Crippen LogP contribution in [0.5, 0.6) is 0 Å². The molecule has 0 aliphatic heterocycles. The Morgan fingerprint density at radius 2 is 0.679 bits per heavy atom. The van der Waals surface area contributed by atoms with E-state index in [0.717, 1.165) is 116 Å². The highest BCUT2D eigenvalue weighted by Gasteiger charge is 2.27. The van der Waals surface area contributed by atoms with Crippen molar-refractivity contribution in [3.63, 3.8) is 0 Å². The number of nitriles is 1. The van der Waals surface area contributed by atoms with Gasteiger partial charge in [-0.1, -0.05) is 194 Å². The second-order valence-corrected chi connectivity index (χ2v) is 21.4. The number of fused-ring (bicyclic) bond motifs is 14. The molecule has 0 fully saturated rings. The monoisotopic (exact) mass is 1070 g/mol. The number of aromatic nitrogens is 7. The van der Waals surface area contributed by atoms with E-state index in [1.165, 1.54) is 21.5 Å². The Balaban J connectivity index is 0.999. The van der Waals surface area contributed by atoms with E-state index in [4.69, 9.17) is 15.0 Å². The van der Waals surface area contributed by atoms with E-state index in [9.17, 15) is 5.26 Å². The summed E-state index contributed by atoms with van der Waals surface area (Å²) in [6.07, 6.45) is 0. The summed E-state index contributed by atoms with van der Waals surface area (Å²) in [4.78, 5) is 15.7. The third-order valence-electron chi connectivity index (χ3n) is 16.8. The molecule has 0 N–H and O–H groups in total. The summed E-state index contributed by atoms with van der Waals surface area (Å²) < 4.78 is 9.67. The fraction of sp³-hybridized carbons (Fsp3) is 0. The van der Waals surface area contributed by atoms with Gasteiger partial charge in [-0.05, 0) is 84.9 Å². The van der Waals surface area contributed by atoms with Gasteiger partial charge in [-0.25, -0.2) is 15.0 Å². The van der Waals surface area contributed by atoms with E-state index in [1.54, 1.807) is 0 Å². The number of hydrogen-bond acceptors (Lipinski definition) is 4. The number of benzene rings is 12. The maximum atomic E-state index is 11.0. The zero-order valence-corrected chi connectivity index (χ0v) is 45.1. The summed E-state index contributed by atoms with van der Waals surface area (Å²) in [7, 11) is 0. The van der Waals surface area contributed by atoms with E-state index in [1.807, 2.05) is 66.7 Å². The van der Waals surface area contributed by atoms with Gasteiger partial charge >= 0.3 is 0 Å². The fourth-order valence-electron chi connectivity index (χ4n) is 13.3. The lowest BCUT2D eigenvalue weighted by Crippen LogP contribution is -2.04. The Bertz CT molecular complexity index is 5490. The van der Waals surface area contributed by atoms with Crippen molar-refractivity contribution in [2.45, 2.75) is 0 Å². The molecule has 17 aromatic rings. The third kappa shape index (κ3) is 7.09. The summed E-state index contributed by atoms with van der Waals surface area (Å²) in [5.74, 6) is 1.69. The Morgan fingerprint density at radius 1 is 0.274 bits per heavy atom. The quantitative estimate of drug-likeness (QED) is 0.152. The first kappa shape index (κ1) is 47.2. The molecule has 0 spiro atoms. The molecule has 0 unspecified atom stereocenters. The molecular formula is C76H46N8. The zero-order valence-electron chi connectivity index (χ0n) is 45.1. The maximum Gasteiger partial charge on any atom is 0.164 e. The van der Waals surface area contributed by atoms with Gasteiger partial charge in [-0.15, -0.1) is 0 Å². The van der Waals surface area contributed by atoms with Crippen molar-refractivity contribution in [1.82, 2.24) is 33.2 Å². The van der Waals surface area contributed by atoms with Crippen LogP contribution in [0.1, 0.15) is 5.56 Å². The minimum absolute atomic E-state index is 0.536. The molecule has 0 atom stereocenters. The van der Waals surface area contributed by atoms with Crippen molar-refractivity contribution in [3.8, 4) is 74.1 Å². The van der Waals surface area contributed by atoms with E-state index in [-0.39, 0.29) is 0 Å². The Labute approximate surface area is 481 Å². The van der Waals surface area contributed by atoms with Crippen molar-refractivity contribution in [3.05, 3.63) is 285 Å². The van der Waals surface area contributed by atoms with Crippen LogP contribution in [0.25, 0.3) is 155 Å². The fourth-order valence-corrected chi connectivity index (χ4v) is 13.3. The summed E-state index contributed by atoms with van der Waals surface area (Å²) in [5, 5.41) is 20.2. The Hall–Kier alpha value is -11.7. The van der Waals surface area contributed by atoms with Crippen LogP contribution in [0.4, 0.5) is 0 Å². The van der Waals surface area contributed by atoms with Crippen molar-refractivity contribution in [2.24, 2.45) is 0 Å². The number of nitrogens with zero attached hydrogens (tertiary/aromatic N) is 8. The van der Waals surface area contributed by atoms with Crippen molar-refractivity contribution in [2.75, 3.05) is 0 Å². The minimum atomic E-state index is 0.536. The van der Waals surface area contributed by atoms with Crippen LogP contribution in [-0.4, -0.2) is 33.2 Å². The molecule has 0 aliphatic rings. The number of rotatable bonds is 8. The summed E-state index contributed by atoms with van der Waals surface area (Å²) in [5.41, 5.74) is 17.6. The lowest BCUT2D eigenvalue weighted by atomic mass is 9.96. The largest absolute Gasteiger partial charge is 0.309 e. The van der Waals surface area contributed by atoms with Crippen LogP contribution in [0, 0.1) is 11.3 Å². The second-order valence-electron chi connectivity index (χ2n) is 21.4. The first-order valence-corrected chi connectivity index (χ1v) is 28.2. The smallest absolute Gasteiger partial charge is 0.164 e. The normalized spacial score (nSPS) is 11.8. The highest BCUT2D eigenvalue weighted by Crippen LogP contribution is 2.47. The van der Waals surface area contributed by atoms with Crippen LogP contribution in [0.15, 0.2) is 279 Å². The topological polar surface area (TPSA) is 82.2 Å². The SMILES string of the molecule is N#Cc1ccc(-n2c3ccccc3c3c2ccc2c4ccccc4n(-c4ccccc4)c23)c(-c2ccc(-c3nc(-c4ccccc4)nc(-c4ccccc4)n3)cc2-n2c3ccccc3c3c2ccc2c4ccccc4n(-c4ccccc4)c23)c1. The summed E-state index contributed by atoms with van der Waals surface area (Å²) >= 11 is 0. The minimum Gasteiger partial charge on any atom is -0.309 e. The Morgan fingerprint density at radius 3 is 1.15 bits per heavy atom. The average Bonchev–Trinajstić information content (AvgIpc) is 1.66. The molecule has 5 aromatic heterocycles. The standard InChI is InChI=1S/C76H46N8/c77-47-48-37-42-66(83-64-35-19-15-31-59(64)70-67(83)43-40-57-54-29-13-17-33-62(54)81(72(57)70)52-25-9-3-10-26-52)61(45-48)56-39-38-51(76-79-74(49-21-5-1-6-22-49)78-75(80-76)50-23-7-2-8-24-50)46-69(56)84-65-36-20-16-32-60(65)71-68(84)44-41-58-55-30-14-18-34-63(55)82(73(58)71)53-27-11-4-12-28-53/h1-46H. The second kappa shape index (κ2) is 18.7. The van der Waals surface area contributed by atoms with Crippen LogP contribution in [-0.2, 0) is 0 Å². The molecule has 0 amide bonds. The molecule has 17 rings (SSSR count). The molecule has 8 heteroatoms. The van der Waals surface area contributed by atoms with Gasteiger partial charge in [0, 0.05) is 82.3 Å². The lowest BCUT2D eigenvalue weighted by Gasteiger charge is -2.20. The first-order chi connectivity index (χ1) is 41.7. The molecule has 84 heavy (non-hydrogen) atoms. The molecule has 0 bridgehead atoms.